The van der Waals surface area contributed by atoms with Gasteiger partial charge in [0.25, 0.3) is 0 Å². The van der Waals surface area contributed by atoms with Gasteiger partial charge in [0, 0.05) is 31.0 Å². The minimum absolute atomic E-state index is 0.0922. The largest absolute Gasteiger partial charge is 0.287 e. The number of carbonyl (C=O) groups excluding carboxylic acids is 1. The lowest BCUT2D eigenvalue weighted by atomic mass is 10.2. The number of hydrogen-bond acceptors (Lipinski definition) is 3. The summed E-state index contributed by atoms with van der Waals surface area (Å²) >= 11 is 0. The summed E-state index contributed by atoms with van der Waals surface area (Å²) in [6, 6.07) is 1.73. The van der Waals surface area contributed by atoms with Gasteiger partial charge >= 0.3 is 0 Å². The molecule has 0 aromatic carbocycles. The highest BCUT2D eigenvalue weighted by Gasteiger charge is 2.06. The van der Waals surface area contributed by atoms with E-state index in [1.807, 2.05) is 20.9 Å². The summed E-state index contributed by atoms with van der Waals surface area (Å²) in [5.74, 6) is -0.0922. The third-order valence-electron chi connectivity index (χ3n) is 2.90. The van der Waals surface area contributed by atoms with E-state index in [1.165, 1.54) is 6.08 Å². The van der Waals surface area contributed by atoms with Gasteiger partial charge in [-0.25, -0.2) is 0 Å². The molecular formula is C13H16N4O. The Labute approximate surface area is 106 Å². The number of allylic oxidation sites excluding steroid dienone is 1. The van der Waals surface area contributed by atoms with Crippen molar-refractivity contribution in [2.45, 2.75) is 20.4 Å². The van der Waals surface area contributed by atoms with E-state index in [9.17, 15) is 4.79 Å². The van der Waals surface area contributed by atoms with Gasteiger partial charge in [-0.15, -0.1) is 0 Å². The normalized spacial score (nSPS) is 11.3. The van der Waals surface area contributed by atoms with E-state index in [2.05, 4.69) is 10.2 Å². The number of aryl methyl sites for hydroxylation is 2. The lowest BCUT2D eigenvalue weighted by molar-refractivity contribution is 0.104. The van der Waals surface area contributed by atoms with E-state index >= 15 is 0 Å². The molecule has 2 heterocycles. The van der Waals surface area contributed by atoms with Crippen LogP contribution in [0.15, 0.2) is 24.5 Å². The maximum absolute atomic E-state index is 11.9. The van der Waals surface area contributed by atoms with E-state index in [-0.39, 0.29) is 5.78 Å². The van der Waals surface area contributed by atoms with Gasteiger partial charge in [0.1, 0.15) is 5.69 Å². The smallest absolute Gasteiger partial charge is 0.206 e. The number of hydrogen-bond donors (Lipinski definition) is 0. The summed E-state index contributed by atoms with van der Waals surface area (Å²) in [6.45, 7) is 4.71. The minimum Gasteiger partial charge on any atom is -0.287 e. The molecule has 2 aromatic heterocycles. The van der Waals surface area contributed by atoms with Crippen LogP contribution in [0, 0.1) is 6.92 Å². The molecule has 0 bridgehead atoms. The van der Waals surface area contributed by atoms with Crippen LogP contribution in [0.5, 0.6) is 0 Å². The second-order valence-electron chi connectivity index (χ2n) is 4.06. The molecular weight excluding hydrogens is 228 g/mol. The molecule has 5 nitrogen and oxygen atoms in total. The predicted octanol–water partition coefficient (Wildman–Crippen LogP) is 1.84. The summed E-state index contributed by atoms with van der Waals surface area (Å²) in [4.78, 5) is 11.9. The van der Waals surface area contributed by atoms with Crippen LogP contribution in [0.4, 0.5) is 0 Å². The van der Waals surface area contributed by atoms with E-state index in [4.69, 9.17) is 0 Å². The highest BCUT2D eigenvalue weighted by atomic mass is 16.1. The van der Waals surface area contributed by atoms with Crippen molar-refractivity contribution < 1.29 is 4.79 Å². The highest BCUT2D eigenvalue weighted by molar-refractivity contribution is 6.05. The number of nitrogens with zero attached hydrogens (tertiary/aromatic N) is 4. The molecule has 94 valence electrons. The second-order valence-corrected chi connectivity index (χ2v) is 4.06. The Morgan fingerprint density at radius 2 is 2.28 bits per heavy atom. The van der Waals surface area contributed by atoms with E-state index in [0.29, 0.717) is 5.69 Å². The van der Waals surface area contributed by atoms with Crippen molar-refractivity contribution in [1.82, 2.24) is 19.6 Å². The topological polar surface area (TPSA) is 52.7 Å². The summed E-state index contributed by atoms with van der Waals surface area (Å²) in [5.41, 5.74) is 2.44. The second kappa shape index (κ2) is 5.00. The van der Waals surface area contributed by atoms with Gasteiger partial charge in [0.2, 0.25) is 5.78 Å². The molecule has 0 aliphatic carbocycles. The highest BCUT2D eigenvalue weighted by Crippen LogP contribution is 2.08. The lowest BCUT2D eigenvalue weighted by Crippen LogP contribution is -2.00. The maximum Gasteiger partial charge on any atom is 0.206 e. The Morgan fingerprint density at radius 3 is 2.83 bits per heavy atom. The summed E-state index contributed by atoms with van der Waals surface area (Å²) in [5, 5.41) is 8.28. The lowest BCUT2D eigenvalue weighted by Gasteiger charge is -1.94. The molecule has 0 spiro atoms. The Morgan fingerprint density at radius 1 is 1.50 bits per heavy atom. The Bertz CT molecular complexity index is 592. The first-order chi connectivity index (χ1) is 8.61. The fraction of sp³-hybridized carbons (Fsp3) is 0.308. The van der Waals surface area contributed by atoms with Crippen LogP contribution >= 0.6 is 0 Å². The van der Waals surface area contributed by atoms with Gasteiger partial charge in [-0.2, -0.15) is 10.2 Å². The molecule has 2 rings (SSSR count). The third-order valence-corrected chi connectivity index (χ3v) is 2.90. The maximum atomic E-state index is 11.9. The monoisotopic (exact) mass is 244 g/mol. The molecule has 0 saturated carbocycles. The molecule has 0 unspecified atom stereocenters. The predicted molar refractivity (Wildman–Crippen MR) is 69.2 cm³/mol. The van der Waals surface area contributed by atoms with Crippen LogP contribution in [0.2, 0.25) is 0 Å². The van der Waals surface area contributed by atoms with Crippen molar-refractivity contribution in [3.8, 4) is 0 Å². The Kier molecular flexibility index (Phi) is 3.41. The van der Waals surface area contributed by atoms with Crippen molar-refractivity contribution in [2.24, 2.45) is 7.05 Å². The zero-order valence-corrected chi connectivity index (χ0v) is 10.8. The first-order valence-electron chi connectivity index (χ1n) is 5.86. The fourth-order valence-corrected chi connectivity index (χ4v) is 1.60. The molecule has 5 heteroatoms. The summed E-state index contributed by atoms with van der Waals surface area (Å²) in [6.07, 6.45) is 6.85. The molecule has 18 heavy (non-hydrogen) atoms. The van der Waals surface area contributed by atoms with Gasteiger partial charge in [0.15, 0.2) is 0 Å². The van der Waals surface area contributed by atoms with Crippen molar-refractivity contribution in [1.29, 1.82) is 0 Å². The minimum atomic E-state index is -0.0922. The van der Waals surface area contributed by atoms with Crippen molar-refractivity contribution >= 4 is 11.9 Å². The molecule has 0 saturated heterocycles. The molecule has 0 fully saturated rings. The van der Waals surface area contributed by atoms with Crippen molar-refractivity contribution in [2.75, 3.05) is 0 Å². The zero-order chi connectivity index (χ0) is 13.1. The van der Waals surface area contributed by atoms with Gasteiger partial charge in [-0.1, -0.05) is 0 Å². The molecule has 0 atom stereocenters. The number of aromatic nitrogens is 4. The molecule has 0 radical (unpaired) electrons. The van der Waals surface area contributed by atoms with Crippen LogP contribution in [0.1, 0.15) is 28.7 Å². The van der Waals surface area contributed by atoms with Crippen LogP contribution in [0.3, 0.4) is 0 Å². The Balaban J connectivity index is 2.14. The third kappa shape index (κ3) is 2.40. The first kappa shape index (κ1) is 12.3. The van der Waals surface area contributed by atoms with Crippen molar-refractivity contribution in [3.05, 3.63) is 41.5 Å². The van der Waals surface area contributed by atoms with E-state index < -0.39 is 0 Å². The molecule has 0 aliphatic heterocycles. The van der Waals surface area contributed by atoms with Crippen molar-refractivity contribution in [3.63, 3.8) is 0 Å². The molecule has 0 aliphatic rings. The SMILES string of the molecule is CCn1ccc(C(=O)/C=C/c2cnn(C)c2C)n1. The Hall–Kier alpha value is -2.17. The summed E-state index contributed by atoms with van der Waals surface area (Å²) in [7, 11) is 1.87. The van der Waals surface area contributed by atoms with Gasteiger partial charge < -0.3 is 0 Å². The van der Waals surface area contributed by atoms with Crippen LogP contribution in [-0.2, 0) is 13.6 Å². The molecule has 2 aromatic rings. The number of ketones is 1. The summed E-state index contributed by atoms with van der Waals surface area (Å²) < 4.78 is 3.51. The average Bonchev–Trinajstić information content (AvgIpc) is 2.96. The number of rotatable bonds is 4. The van der Waals surface area contributed by atoms with Crippen LogP contribution in [-0.4, -0.2) is 25.3 Å². The van der Waals surface area contributed by atoms with E-state index in [1.54, 1.807) is 33.9 Å². The number of carbonyl (C=O) groups is 1. The van der Waals surface area contributed by atoms with Crippen LogP contribution in [0.25, 0.3) is 6.08 Å². The van der Waals surface area contributed by atoms with E-state index in [0.717, 1.165) is 17.8 Å². The quantitative estimate of drug-likeness (QED) is 0.609. The molecule has 0 N–H and O–H groups in total. The van der Waals surface area contributed by atoms with Gasteiger partial charge in [-0.05, 0) is 32.1 Å². The fourth-order valence-electron chi connectivity index (χ4n) is 1.60. The van der Waals surface area contributed by atoms with Crippen LogP contribution < -0.4 is 0 Å². The zero-order valence-electron chi connectivity index (χ0n) is 10.8. The standard InChI is InChI=1S/C13H16N4O/c1-4-17-8-7-12(15-17)13(18)6-5-11-9-14-16(3)10(11)2/h5-9H,4H2,1-3H3/b6-5+. The van der Waals surface area contributed by atoms with Gasteiger partial charge in [0.05, 0.1) is 6.20 Å². The average molecular weight is 244 g/mol. The first-order valence-corrected chi connectivity index (χ1v) is 5.86. The molecule has 0 amide bonds. The van der Waals surface area contributed by atoms with Gasteiger partial charge in [-0.3, -0.25) is 14.2 Å².